The van der Waals surface area contributed by atoms with E-state index in [-0.39, 0.29) is 17.6 Å². The number of nitro benzene ring substituents is 1. The molecule has 1 unspecified atom stereocenters. The number of nitro groups is 1. The molecule has 3 aromatic rings. The van der Waals surface area contributed by atoms with E-state index >= 15 is 0 Å². The minimum absolute atomic E-state index is 0.0216. The van der Waals surface area contributed by atoms with Crippen LogP contribution in [-0.4, -0.2) is 17.9 Å². The Kier molecular flexibility index (Phi) is 7.39. The summed E-state index contributed by atoms with van der Waals surface area (Å²) in [6, 6.07) is 21.2. The zero-order valence-corrected chi connectivity index (χ0v) is 18.4. The summed E-state index contributed by atoms with van der Waals surface area (Å²) in [4.78, 5) is 24.1. The van der Waals surface area contributed by atoms with Gasteiger partial charge in [-0.3, -0.25) is 14.9 Å². The van der Waals surface area contributed by atoms with E-state index in [0.29, 0.717) is 17.6 Å². The van der Waals surface area contributed by atoms with Crippen LogP contribution in [0.25, 0.3) is 11.6 Å². The van der Waals surface area contributed by atoms with E-state index in [9.17, 15) is 14.9 Å². The Labute approximate surface area is 187 Å². The third-order valence-corrected chi connectivity index (χ3v) is 5.26. The molecule has 6 heteroatoms. The van der Waals surface area contributed by atoms with Crippen molar-refractivity contribution in [3.8, 4) is 5.75 Å². The standard InChI is InChI=1S/C26H26N2O4/c1-4-24(21-13-14-25(32-3)18(2)15-21)27-26(29)23(20-10-6-5-7-11-20)17-19-9-8-12-22(16-19)28(30)31/h5-17,24H,4H2,1-3H3,(H,27,29)/b23-17+. The van der Waals surface area contributed by atoms with Crippen LogP contribution in [0, 0.1) is 17.0 Å². The summed E-state index contributed by atoms with van der Waals surface area (Å²) < 4.78 is 5.34. The van der Waals surface area contributed by atoms with Crippen molar-refractivity contribution in [3.63, 3.8) is 0 Å². The van der Waals surface area contributed by atoms with Crippen molar-refractivity contribution >= 4 is 23.2 Å². The molecule has 3 aromatic carbocycles. The summed E-state index contributed by atoms with van der Waals surface area (Å²) >= 11 is 0. The number of non-ortho nitro benzene ring substituents is 1. The minimum Gasteiger partial charge on any atom is -0.496 e. The Morgan fingerprint density at radius 3 is 2.47 bits per heavy atom. The maximum absolute atomic E-state index is 13.4. The number of nitrogens with one attached hydrogen (secondary N) is 1. The number of carbonyl (C=O) groups is 1. The predicted octanol–water partition coefficient (Wildman–Crippen LogP) is 5.72. The van der Waals surface area contributed by atoms with E-state index in [2.05, 4.69) is 5.32 Å². The SMILES string of the molecule is CCC(NC(=O)/C(=C/c1cccc([N+](=O)[O-])c1)c1ccccc1)c1ccc(OC)c(C)c1. The first-order valence-electron chi connectivity index (χ1n) is 10.4. The van der Waals surface area contributed by atoms with Crippen LogP contribution in [-0.2, 0) is 4.79 Å². The van der Waals surface area contributed by atoms with Gasteiger partial charge in [-0.2, -0.15) is 0 Å². The van der Waals surface area contributed by atoms with E-state index in [4.69, 9.17) is 4.74 Å². The molecule has 0 heterocycles. The number of ether oxygens (including phenoxy) is 1. The van der Waals surface area contributed by atoms with E-state index in [1.54, 1.807) is 25.3 Å². The molecule has 0 saturated heterocycles. The molecular formula is C26H26N2O4. The van der Waals surface area contributed by atoms with Crippen LogP contribution in [0.15, 0.2) is 72.8 Å². The van der Waals surface area contributed by atoms with Crippen molar-refractivity contribution in [2.24, 2.45) is 0 Å². The Hall–Kier alpha value is -3.93. The minimum atomic E-state index is -0.446. The number of amides is 1. The Bertz CT molecular complexity index is 1140. The molecule has 6 nitrogen and oxygen atoms in total. The number of hydrogen-bond acceptors (Lipinski definition) is 4. The number of hydrogen-bond donors (Lipinski definition) is 1. The molecule has 0 fully saturated rings. The molecule has 0 saturated carbocycles. The summed E-state index contributed by atoms with van der Waals surface area (Å²) in [5, 5.41) is 14.3. The lowest BCUT2D eigenvalue weighted by molar-refractivity contribution is -0.384. The molecule has 0 aromatic heterocycles. The fourth-order valence-electron chi connectivity index (χ4n) is 3.57. The Morgan fingerprint density at radius 2 is 1.84 bits per heavy atom. The molecule has 0 spiro atoms. The maximum Gasteiger partial charge on any atom is 0.270 e. The van der Waals surface area contributed by atoms with Gasteiger partial charge >= 0.3 is 0 Å². The van der Waals surface area contributed by atoms with Crippen LogP contribution in [0.5, 0.6) is 5.75 Å². The summed E-state index contributed by atoms with van der Waals surface area (Å²) in [5.41, 5.74) is 3.72. The topological polar surface area (TPSA) is 81.5 Å². The van der Waals surface area contributed by atoms with Crippen LogP contribution in [0.4, 0.5) is 5.69 Å². The first-order chi connectivity index (χ1) is 15.4. The normalized spacial score (nSPS) is 12.2. The molecule has 0 bridgehead atoms. The number of carbonyl (C=O) groups excluding carboxylic acids is 1. The van der Waals surface area contributed by atoms with Gasteiger partial charge < -0.3 is 10.1 Å². The van der Waals surface area contributed by atoms with Gasteiger partial charge in [-0.15, -0.1) is 0 Å². The third-order valence-electron chi connectivity index (χ3n) is 5.26. The highest BCUT2D eigenvalue weighted by molar-refractivity contribution is 6.24. The predicted molar refractivity (Wildman–Crippen MR) is 126 cm³/mol. The lowest BCUT2D eigenvalue weighted by atomic mass is 9.98. The van der Waals surface area contributed by atoms with Crippen LogP contribution >= 0.6 is 0 Å². The first kappa shape index (κ1) is 22.7. The van der Waals surface area contributed by atoms with E-state index in [1.165, 1.54) is 12.1 Å². The van der Waals surface area contributed by atoms with Gasteiger partial charge in [0, 0.05) is 17.7 Å². The molecular weight excluding hydrogens is 404 g/mol. The summed E-state index contributed by atoms with van der Waals surface area (Å²) in [6.07, 6.45) is 2.39. The molecule has 0 aliphatic heterocycles. The highest BCUT2D eigenvalue weighted by Gasteiger charge is 2.19. The second-order valence-electron chi connectivity index (χ2n) is 7.44. The van der Waals surface area contributed by atoms with Crippen LogP contribution in [0.1, 0.15) is 41.6 Å². The van der Waals surface area contributed by atoms with Gasteiger partial charge in [-0.05, 0) is 47.7 Å². The number of benzene rings is 3. The van der Waals surface area contributed by atoms with Crippen molar-refractivity contribution in [2.75, 3.05) is 7.11 Å². The average Bonchev–Trinajstić information content (AvgIpc) is 2.81. The zero-order chi connectivity index (χ0) is 23.1. The van der Waals surface area contributed by atoms with E-state index in [0.717, 1.165) is 22.4 Å². The van der Waals surface area contributed by atoms with Gasteiger partial charge in [0.05, 0.1) is 18.1 Å². The smallest absolute Gasteiger partial charge is 0.270 e. The second kappa shape index (κ2) is 10.4. The Morgan fingerprint density at radius 1 is 1.09 bits per heavy atom. The van der Waals surface area contributed by atoms with Crippen molar-refractivity contribution < 1.29 is 14.5 Å². The number of rotatable bonds is 8. The highest BCUT2D eigenvalue weighted by Crippen LogP contribution is 2.26. The van der Waals surface area contributed by atoms with Crippen molar-refractivity contribution in [1.29, 1.82) is 0 Å². The van der Waals surface area contributed by atoms with Crippen molar-refractivity contribution in [1.82, 2.24) is 5.32 Å². The number of aryl methyl sites for hydroxylation is 1. The lowest BCUT2D eigenvalue weighted by Crippen LogP contribution is -2.29. The number of methoxy groups -OCH3 is 1. The van der Waals surface area contributed by atoms with Crippen molar-refractivity contribution in [2.45, 2.75) is 26.3 Å². The van der Waals surface area contributed by atoms with Crippen molar-refractivity contribution in [3.05, 3.63) is 105 Å². The fraction of sp³-hybridized carbons (Fsp3) is 0.192. The second-order valence-corrected chi connectivity index (χ2v) is 7.44. The van der Waals surface area contributed by atoms with E-state index in [1.807, 2.05) is 62.4 Å². The largest absolute Gasteiger partial charge is 0.496 e. The molecule has 0 radical (unpaired) electrons. The van der Waals surface area contributed by atoms with Gasteiger partial charge in [-0.25, -0.2) is 0 Å². The maximum atomic E-state index is 13.4. The van der Waals surface area contributed by atoms with Gasteiger partial charge in [-0.1, -0.05) is 61.5 Å². The summed E-state index contributed by atoms with van der Waals surface area (Å²) in [6.45, 7) is 3.98. The van der Waals surface area contributed by atoms with E-state index < -0.39 is 4.92 Å². The van der Waals surface area contributed by atoms with Gasteiger partial charge in [0.25, 0.3) is 11.6 Å². The van der Waals surface area contributed by atoms with Gasteiger partial charge in [0.15, 0.2) is 0 Å². The molecule has 1 N–H and O–H groups in total. The first-order valence-corrected chi connectivity index (χ1v) is 10.4. The monoisotopic (exact) mass is 430 g/mol. The Balaban J connectivity index is 1.96. The van der Waals surface area contributed by atoms with Crippen LogP contribution in [0.3, 0.4) is 0 Å². The lowest BCUT2D eigenvalue weighted by Gasteiger charge is -2.20. The molecule has 32 heavy (non-hydrogen) atoms. The van der Waals surface area contributed by atoms with Gasteiger partial charge in [0.2, 0.25) is 0 Å². The molecule has 0 aliphatic rings. The van der Waals surface area contributed by atoms with Crippen LogP contribution in [0.2, 0.25) is 0 Å². The number of nitrogens with zero attached hydrogens (tertiary/aromatic N) is 1. The molecule has 0 aliphatic carbocycles. The average molecular weight is 431 g/mol. The quantitative estimate of drug-likeness (QED) is 0.214. The summed E-state index contributed by atoms with van der Waals surface area (Å²) in [7, 11) is 1.63. The molecule has 164 valence electrons. The van der Waals surface area contributed by atoms with Gasteiger partial charge in [0.1, 0.15) is 5.75 Å². The molecule has 3 rings (SSSR count). The molecule has 1 amide bonds. The molecule has 1 atom stereocenters. The van der Waals surface area contributed by atoms with Crippen LogP contribution < -0.4 is 10.1 Å². The third kappa shape index (κ3) is 5.40. The zero-order valence-electron chi connectivity index (χ0n) is 18.4. The highest BCUT2D eigenvalue weighted by atomic mass is 16.6. The fourth-order valence-corrected chi connectivity index (χ4v) is 3.57. The summed E-state index contributed by atoms with van der Waals surface area (Å²) in [5.74, 6) is 0.550.